The highest BCUT2D eigenvalue weighted by molar-refractivity contribution is 7.19. The molecular weight excluding hydrogens is 428 g/mol. The highest BCUT2D eigenvalue weighted by atomic mass is 32.1. The van der Waals surface area contributed by atoms with Crippen LogP contribution in [-0.4, -0.2) is 82.0 Å². The Balaban J connectivity index is 1.51. The summed E-state index contributed by atoms with van der Waals surface area (Å²) >= 11 is 1.36. The molecule has 0 aromatic carbocycles. The fraction of sp³-hybridized carbons (Fsp3) is 0.571. The second kappa shape index (κ2) is 8.62. The van der Waals surface area contributed by atoms with Crippen LogP contribution in [0.25, 0.3) is 10.6 Å². The van der Waals surface area contributed by atoms with Crippen molar-refractivity contribution in [2.24, 2.45) is 5.73 Å². The van der Waals surface area contributed by atoms with Gasteiger partial charge in [-0.15, -0.1) is 0 Å². The van der Waals surface area contributed by atoms with E-state index in [2.05, 4.69) is 39.2 Å². The summed E-state index contributed by atoms with van der Waals surface area (Å²) in [6.45, 7) is 5.91. The van der Waals surface area contributed by atoms with Crippen LogP contribution in [0.1, 0.15) is 31.9 Å². The molecule has 4 heterocycles. The van der Waals surface area contributed by atoms with E-state index in [9.17, 15) is 9.59 Å². The Morgan fingerprint density at radius 1 is 1.31 bits per heavy atom. The molecule has 2 fully saturated rings. The number of likely N-dealkylation sites (tertiary alicyclic amines) is 1. The van der Waals surface area contributed by atoms with Crippen LogP contribution in [0, 0.1) is 6.92 Å². The number of nitrogens with one attached hydrogen (secondary N) is 1. The van der Waals surface area contributed by atoms with Gasteiger partial charge in [-0.1, -0.05) is 11.3 Å². The van der Waals surface area contributed by atoms with Crippen molar-refractivity contribution in [3.8, 4) is 10.6 Å². The number of anilines is 2. The topological polar surface area (TPSA) is 121 Å². The maximum atomic E-state index is 12.8. The molecule has 0 bridgehead atoms. The molecule has 2 aromatic rings. The molecule has 2 aromatic heterocycles. The lowest BCUT2D eigenvalue weighted by atomic mass is 9.98. The maximum absolute atomic E-state index is 12.8. The number of carbonyl (C=O) groups excluding carboxylic acids is 2. The van der Waals surface area contributed by atoms with Crippen LogP contribution in [0.5, 0.6) is 0 Å². The second-order valence-corrected chi connectivity index (χ2v) is 9.85. The average molecular weight is 459 g/mol. The monoisotopic (exact) mass is 458 g/mol. The molecule has 11 heteroatoms. The molecule has 2 aliphatic heterocycles. The minimum atomic E-state index is -0.971. The smallest absolute Gasteiger partial charge is 0.324 e. The average Bonchev–Trinajstić information content (AvgIpc) is 3.47. The number of aromatic nitrogens is 3. The second-order valence-electron chi connectivity index (χ2n) is 8.85. The molecule has 0 radical (unpaired) electrons. The van der Waals surface area contributed by atoms with Gasteiger partial charge in [0.2, 0.25) is 11.9 Å². The molecule has 4 rings (SSSR count). The number of hydrogen-bond acceptors (Lipinski definition) is 8. The van der Waals surface area contributed by atoms with Gasteiger partial charge in [-0.2, -0.15) is 0 Å². The first-order chi connectivity index (χ1) is 15.2. The minimum absolute atomic E-state index is 0.362. The summed E-state index contributed by atoms with van der Waals surface area (Å²) < 4.78 is 0. The van der Waals surface area contributed by atoms with Crippen LogP contribution in [0.15, 0.2) is 12.3 Å². The van der Waals surface area contributed by atoms with Gasteiger partial charge >= 0.3 is 6.03 Å². The number of rotatable bonds is 5. The van der Waals surface area contributed by atoms with Gasteiger partial charge in [-0.05, 0) is 53.3 Å². The molecule has 0 spiro atoms. The fourth-order valence-electron chi connectivity index (χ4n) is 4.36. The van der Waals surface area contributed by atoms with Gasteiger partial charge in [0.05, 0.1) is 16.3 Å². The third-order valence-corrected chi connectivity index (χ3v) is 7.57. The molecule has 0 aliphatic carbocycles. The van der Waals surface area contributed by atoms with Crippen molar-refractivity contribution in [1.82, 2.24) is 24.8 Å². The Hall–Kier alpha value is -2.79. The van der Waals surface area contributed by atoms with Crippen molar-refractivity contribution < 1.29 is 9.59 Å². The number of thiazole rings is 1. The lowest BCUT2D eigenvalue weighted by molar-refractivity contribution is -0.126. The largest absolute Gasteiger partial charge is 0.368 e. The fourth-order valence-corrected chi connectivity index (χ4v) is 5.29. The van der Waals surface area contributed by atoms with E-state index in [-0.39, 0.29) is 6.03 Å². The number of nitrogens with zero attached hydrogens (tertiary/aromatic N) is 6. The Bertz CT molecular complexity index is 1020. The quantitative estimate of drug-likeness (QED) is 0.702. The van der Waals surface area contributed by atoms with Crippen molar-refractivity contribution in [2.75, 3.05) is 43.9 Å². The van der Waals surface area contributed by atoms with Gasteiger partial charge in [0, 0.05) is 31.9 Å². The lowest BCUT2D eigenvalue weighted by Crippen LogP contribution is -2.55. The zero-order valence-corrected chi connectivity index (χ0v) is 19.8. The number of amides is 3. The lowest BCUT2D eigenvalue weighted by Gasteiger charge is -2.31. The van der Waals surface area contributed by atoms with E-state index in [1.807, 2.05) is 13.0 Å². The number of hydrogen-bond donors (Lipinski definition) is 2. The normalized spacial score (nSPS) is 23.2. The molecule has 0 saturated carbocycles. The zero-order valence-electron chi connectivity index (χ0n) is 19.0. The summed E-state index contributed by atoms with van der Waals surface area (Å²) in [6, 6.07) is 1.99. The van der Waals surface area contributed by atoms with Crippen molar-refractivity contribution in [3.05, 3.63) is 18.0 Å². The van der Waals surface area contributed by atoms with Crippen molar-refractivity contribution >= 4 is 34.4 Å². The first kappa shape index (κ1) is 22.4. The van der Waals surface area contributed by atoms with Crippen LogP contribution < -0.4 is 16.0 Å². The van der Waals surface area contributed by atoms with Gasteiger partial charge in [-0.25, -0.2) is 19.7 Å². The molecule has 2 saturated heterocycles. The highest BCUT2D eigenvalue weighted by Crippen LogP contribution is 2.34. The van der Waals surface area contributed by atoms with Gasteiger partial charge in [0.1, 0.15) is 5.54 Å². The van der Waals surface area contributed by atoms with E-state index >= 15 is 0 Å². The third kappa shape index (κ3) is 4.14. The summed E-state index contributed by atoms with van der Waals surface area (Å²) in [5.41, 5.74) is 6.14. The minimum Gasteiger partial charge on any atom is -0.368 e. The van der Waals surface area contributed by atoms with E-state index in [1.165, 1.54) is 16.2 Å². The summed E-state index contributed by atoms with van der Waals surface area (Å²) in [5, 5.41) is 3.31. The van der Waals surface area contributed by atoms with E-state index in [0.717, 1.165) is 42.2 Å². The van der Waals surface area contributed by atoms with E-state index in [1.54, 1.807) is 13.1 Å². The third-order valence-electron chi connectivity index (χ3n) is 6.48. The predicted molar refractivity (Wildman–Crippen MR) is 125 cm³/mol. The summed E-state index contributed by atoms with van der Waals surface area (Å²) in [6.07, 6.45) is 4.15. The zero-order chi connectivity index (χ0) is 23.0. The van der Waals surface area contributed by atoms with Crippen LogP contribution in [0.3, 0.4) is 0 Å². The van der Waals surface area contributed by atoms with Gasteiger partial charge in [-0.3, -0.25) is 10.1 Å². The number of urea groups is 1. The maximum Gasteiger partial charge on any atom is 0.324 e. The molecule has 32 heavy (non-hydrogen) atoms. The Morgan fingerprint density at radius 3 is 2.78 bits per heavy atom. The van der Waals surface area contributed by atoms with Crippen molar-refractivity contribution in [1.29, 1.82) is 0 Å². The standard InChI is InChI=1S/C21H30N8O2S/c1-13-16(15-6-9-23-18(25-15)28-11-7-14(12-28)27(3)4)32-19(24-13)26-20(31)29-10-5-8-21(29,2)17(22)30/h6,9,14H,5,7-8,10-12H2,1-4H3,(H2,22,30)(H,24,26,31)/t14-,21-/m0/s1. The molecule has 2 atom stereocenters. The molecule has 3 amide bonds. The van der Waals surface area contributed by atoms with Gasteiger partial charge in [0.25, 0.3) is 0 Å². The molecule has 172 valence electrons. The highest BCUT2D eigenvalue weighted by Gasteiger charge is 2.44. The van der Waals surface area contributed by atoms with Crippen LogP contribution in [0.4, 0.5) is 15.9 Å². The van der Waals surface area contributed by atoms with E-state index in [0.29, 0.717) is 30.1 Å². The first-order valence-corrected chi connectivity index (χ1v) is 11.6. The summed E-state index contributed by atoms with van der Waals surface area (Å²) in [7, 11) is 4.19. The molecule has 10 nitrogen and oxygen atoms in total. The molecule has 0 unspecified atom stereocenters. The number of nitrogens with two attached hydrogens (primary N) is 1. The first-order valence-electron chi connectivity index (χ1n) is 10.8. The Kier molecular flexibility index (Phi) is 6.04. The van der Waals surface area contributed by atoms with E-state index in [4.69, 9.17) is 10.7 Å². The Morgan fingerprint density at radius 2 is 2.09 bits per heavy atom. The summed E-state index contributed by atoms with van der Waals surface area (Å²) in [5.74, 6) is 0.215. The number of carbonyl (C=O) groups is 2. The number of primary amides is 1. The van der Waals surface area contributed by atoms with Crippen molar-refractivity contribution in [3.63, 3.8) is 0 Å². The van der Waals surface area contributed by atoms with Crippen LogP contribution >= 0.6 is 11.3 Å². The van der Waals surface area contributed by atoms with E-state index < -0.39 is 11.4 Å². The Labute approximate surface area is 191 Å². The molecule has 3 N–H and O–H groups in total. The SMILES string of the molecule is Cc1nc(NC(=O)N2CCC[C@@]2(C)C(N)=O)sc1-c1ccnc(N2CC[C@H](N(C)C)C2)n1. The predicted octanol–water partition coefficient (Wildman–Crippen LogP) is 1.92. The van der Waals surface area contributed by atoms with Crippen LogP contribution in [0.2, 0.25) is 0 Å². The number of aryl methyl sites for hydroxylation is 1. The van der Waals surface area contributed by atoms with Gasteiger partial charge < -0.3 is 20.4 Å². The number of likely N-dealkylation sites (N-methyl/N-ethyl adjacent to an activating group) is 1. The van der Waals surface area contributed by atoms with Gasteiger partial charge in [0.15, 0.2) is 5.13 Å². The molecule has 2 aliphatic rings. The summed E-state index contributed by atoms with van der Waals surface area (Å²) in [4.78, 5) is 45.3. The molecular formula is C21H30N8O2S. The van der Waals surface area contributed by atoms with Crippen molar-refractivity contribution in [2.45, 2.75) is 44.7 Å². The van der Waals surface area contributed by atoms with Crippen LogP contribution in [-0.2, 0) is 4.79 Å².